The monoisotopic (exact) mass is 610 g/mol. The van der Waals surface area contributed by atoms with Crippen LogP contribution in [0.1, 0.15) is 80.3 Å². The zero-order chi connectivity index (χ0) is 31.6. The average molecular weight is 611 g/mol. The van der Waals surface area contributed by atoms with Crippen LogP contribution in [-0.2, 0) is 25.7 Å². The summed E-state index contributed by atoms with van der Waals surface area (Å²) in [6.45, 7) is 0.722. The highest BCUT2D eigenvalue weighted by Gasteiger charge is 2.35. The molecule has 2 aliphatic rings. The van der Waals surface area contributed by atoms with Crippen molar-refractivity contribution in [2.75, 3.05) is 6.54 Å². The van der Waals surface area contributed by atoms with E-state index in [4.69, 9.17) is 0 Å². The Morgan fingerprint density at radius 2 is 1.60 bits per heavy atom. The number of hydrogen-bond donors (Lipinski definition) is 3. The van der Waals surface area contributed by atoms with E-state index in [0.29, 0.717) is 36.5 Å². The van der Waals surface area contributed by atoms with E-state index in [1.165, 1.54) is 0 Å². The number of nitrogens with one attached hydrogen (secondary N) is 3. The van der Waals surface area contributed by atoms with Crippen molar-refractivity contribution >= 4 is 40.2 Å². The molecular formula is C36H42N4O5. The summed E-state index contributed by atoms with van der Waals surface area (Å²) in [5.74, 6) is -3.40. The minimum atomic E-state index is -1.19. The number of pyridine rings is 1. The van der Waals surface area contributed by atoms with Crippen molar-refractivity contribution < 1.29 is 24.0 Å². The first-order valence-corrected chi connectivity index (χ1v) is 16.2. The van der Waals surface area contributed by atoms with Gasteiger partial charge in [0.2, 0.25) is 17.6 Å². The SMILES string of the molecule is O=C(NCc1ccccc1)C(=O)[C@H](C[C@@H]1CCCNC1=O)NC(=O)[C@@H](CC(=O)c1ccc2ccccc2n1)CC1CCCCC1. The molecule has 5 rings (SSSR count). The third kappa shape index (κ3) is 8.84. The zero-order valence-corrected chi connectivity index (χ0v) is 25.6. The lowest BCUT2D eigenvalue weighted by Gasteiger charge is -2.29. The zero-order valence-electron chi connectivity index (χ0n) is 25.6. The highest BCUT2D eigenvalue weighted by atomic mass is 16.2. The molecule has 45 heavy (non-hydrogen) atoms. The standard InChI is InChI=1S/C36H42N4O5/c41-32(30-18-17-26-14-7-8-16-29(26)39-30)22-28(20-24-10-3-1-4-11-24)35(44)40-31(21-27-15-9-19-37-34(27)43)33(42)36(45)38-23-25-12-5-2-6-13-25/h2,5-8,12-14,16-18,24,27-28,31H,1,3-4,9-11,15,19-23H2,(H,37,43)(H,38,45)(H,40,44)/t27-,28+,31-/m0/s1. The minimum absolute atomic E-state index is 0.0193. The molecule has 3 amide bonds. The number of aromatic nitrogens is 1. The first-order valence-electron chi connectivity index (χ1n) is 16.2. The van der Waals surface area contributed by atoms with Gasteiger partial charge in [-0.15, -0.1) is 0 Å². The molecule has 2 aromatic carbocycles. The molecule has 1 saturated carbocycles. The van der Waals surface area contributed by atoms with Gasteiger partial charge < -0.3 is 16.0 Å². The minimum Gasteiger partial charge on any atom is -0.356 e. The normalized spacial score (nSPS) is 18.4. The van der Waals surface area contributed by atoms with Crippen LogP contribution >= 0.6 is 0 Å². The molecular weight excluding hydrogens is 568 g/mol. The summed E-state index contributed by atoms with van der Waals surface area (Å²) < 4.78 is 0. The second-order valence-electron chi connectivity index (χ2n) is 12.4. The number of piperidine rings is 1. The van der Waals surface area contributed by atoms with Gasteiger partial charge in [0.1, 0.15) is 5.69 Å². The Labute approximate surface area is 263 Å². The van der Waals surface area contributed by atoms with Gasteiger partial charge in [-0.3, -0.25) is 24.0 Å². The molecule has 3 N–H and O–H groups in total. The van der Waals surface area contributed by atoms with E-state index in [9.17, 15) is 24.0 Å². The number of ketones is 2. The molecule has 0 radical (unpaired) electrons. The Morgan fingerprint density at radius 1 is 0.844 bits per heavy atom. The van der Waals surface area contributed by atoms with Gasteiger partial charge in [-0.05, 0) is 49.3 Å². The van der Waals surface area contributed by atoms with Crippen molar-refractivity contribution in [2.24, 2.45) is 17.8 Å². The molecule has 3 aromatic rings. The van der Waals surface area contributed by atoms with Crippen molar-refractivity contribution in [1.82, 2.24) is 20.9 Å². The van der Waals surface area contributed by atoms with Crippen molar-refractivity contribution in [3.8, 4) is 0 Å². The molecule has 2 heterocycles. The fourth-order valence-corrected chi connectivity index (χ4v) is 6.55. The topological polar surface area (TPSA) is 134 Å². The lowest BCUT2D eigenvalue weighted by molar-refractivity contribution is -0.141. The van der Waals surface area contributed by atoms with Gasteiger partial charge in [0, 0.05) is 36.7 Å². The van der Waals surface area contributed by atoms with Crippen LogP contribution in [-0.4, -0.2) is 46.9 Å². The Balaban J connectivity index is 1.33. The first kappa shape index (κ1) is 32.0. The molecule has 1 aliphatic carbocycles. The maximum atomic E-state index is 14.0. The van der Waals surface area contributed by atoms with Crippen molar-refractivity contribution in [1.29, 1.82) is 0 Å². The smallest absolute Gasteiger partial charge is 0.289 e. The van der Waals surface area contributed by atoms with Crippen molar-refractivity contribution in [3.63, 3.8) is 0 Å². The van der Waals surface area contributed by atoms with E-state index in [2.05, 4.69) is 20.9 Å². The number of fused-ring (bicyclic) bond motifs is 1. The summed E-state index contributed by atoms with van der Waals surface area (Å²) in [6, 6.07) is 19.1. The van der Waals surface area contributed by atoms with Crippen molar-refractivity contribution in [3.05, 3.63) is 78.0 Å². The maximum absolute atomic E-state index is 14.0. The quantitative estimate of drug-likeness (QED) is 0.190. The van der Waals surface area contributed by atoms with Gasteiger partial charge in [0.15, 0.2) is 5.78 Å². The maximum Gasteiger partial charge on any atom is 0.289 e. The number of nitrogens with zero attached hydrogens (tertiary/aromatic N) is 1. The van der Waals surface area contributed by atoms with Crippen LogP contribution < -0.4 is 16.0 Å². The third-order valence-corrected chi connectivity index (χ3v) is 9.10. The molecule has 236 valence electrons. The van der Waals surface area contributed by atoms with Gasteiger partial charge in [-0.2, -0.15) is 0 Å². The summed E-state index contributed by atoms with van der Waals surface area (Å²) in [4.78, 5) is 71.2. The number of benzene rings is 2. The van der Waals surface area contributed by atoms with Gasteiger partial charge in [0.25, 0.3) is 5.91 Å². The molecule has 9 nitrogen and oxygen atoms in total. The van der Waals surface area contributed by atoms with E-state index >= 15 is 0 Å². The van der Waals surface area contributed by atoms with E-state index in [1.54, 1.807) is 6.07 Å². The largest absolute Gasteiger partial charge is 0.356 e. The Bertz CT molecular complexity index is 1520. The van der Waals surface area contributed by atoms with Gasteiger partial charge in [-0.25, -0.2) is 4.98 Å². The van der Waals surface area contributed by atoms with Crippen LogP contribution in [0.4, 0.5) is 0 Å². The highest BCUT2D eigenvalue weighted by Crippen LogP contribution is 2.31. The predicted molar refractivity (Wildman–Crippen MR) is 171 cm³/mol. The van der Waals surface area contributed by atoms with Crippen LogP contribution in [0.15, 0.2) is 66.7 Å². The predicted octanol–water partition coefficient (Wildman–Crippen LogP) is 4.68. The summed E-state index contributed by atoms with van der Waals surface area (Å²) in [6.07, 6.45) is 7.08. The lowest BCUT2D eigenvalue weighted by atomic mass is 9.80. The van der Waals surface area contributed by atoms with Crippen molar-refractivity contribution in [2.45, 2.75) is 76.8 Å². The summed E-state index contributed by atoms with van der Waals surface area (Å²) >= 11 is 0. The summed E-state index contributed by atoms with van der Waals surface area (Å²) in [5, 5.41) is 9.24. The van der Waals surface area contributed by atoms with E-state index in [-0.39, 0.29) is 31.1 Å². The van der Waals surface area contributed by atoms with Crippen LogP contribution in [0.5, 0.6) is 0 Å². The molecule has 0 unspecified atom stereocenters. The van der Waals surface area contributed by atoms with Gasteiger partial charge in [-0.1, -0.05) is 86.7 Å². The number of rotatable bonds is 13. The number of carbonyl (C=O) groups excluding carboxylic acids is 5. The van der Waals surface area contributed by atoms with Gasteiger partial charge >= 0.3 is 0 Å². The first-order chi connectivity index (χ1) is 21.9. The van der Waals surface area contributed by atoms with Crippen LogP contribution in [0.3, 0.4) is 0 Å². The molecule has 3 atom stereocenters. The van der Waals surface area contributed by atoms with Gasteiger partial charge in [0.05, 0.1) is 11.6 Å². The molecule has 2 fully saturated rings. The number of amides is 3. The number of carbonyl (C=O) groups is 5. The molecule has 1 aromatic heterocycles. The second kappa shape index (κ2) is 15.5. The second-order valence-corrected chi connectivity index (χ2v) is 12.4. The Hall–Kier alpha value is -4.40. The Morgan fingerprint density at radius 3 is 2.38 bits per heavy atom. The molecule has 9 heteroatoms. The molecule has 1 aliphatic heterocycles. The number of hydrogen-bond acceptors (Lipinski definition) is 6. The fraction of sp³-hybridized carbons (Fsp3) is 0.444. The summed E-state index contributed by atoms with van der Waals surface area (Å²) in [5.41, 5.74) is 1.83. The van der Waals surface area contributed by atoms with E-state index in [1.807, 2.05) is 60.7 Å². The van der Waals surface area contributed by atoms with E-state index < -0.39 is 35.5 Å². The summed E-state index contributed by atoms with van der Waals surface area (Å²) in [7, 11) is 0. The van der Waals surface area contributed by atoms with Crippen LogP contribution in [0.25, 0.3) is 10.9 Å². The molecule has 0 spiro atoms. The average Bonchev–Trinajstić information content (AvgIpc) is 3.07. The van der Waals surface area contributed by atoms with E-state index in [0.717, 1.165) is 49.5 Å². The van der Waals surface area contributed by atoms with Crippen LogP contribution in [0.2, 0.25) is 0 Å². The third-order valence-electron chi connectivity index (χ3n) is 9.10. The fourth-order valence-electron chi connectivity index (χ4n) is 6.55. The highest BCUT2D eigenvalue weighted by molar-refractivity contribution is 6.38. The van der Waals surface area contributed by atoms with Crippen LogP contribution in [0, 0.1) is 17.8 Å². The Kier molecular flexibility index (Phi) is 11.1. The number of Topliss-reactive ketones (excluding diaryl/α,β-unsaturated/α-hetero) is 2. The molecule has 0 bridgehead atoms. The molecule has 1 saturated heterocycles. The lowest BCUT2D eigenvalue weighted by Crippen LogP contribution is -2.51. The number of para-hydroxylation sites is 1.